The van der Waals surface area contributed by atoms with Crippen molar-refractivity contribution in [1.82, 2.24) is 15.6 Å². The van der Waals surface area contributed by atoms with Gasteiger partial charge in [-0.05, 0) is 37.8 Å². The van der Waals surface area contributed by atoms with Crippen LogP contribution in [0.15, 0.2) is 11.6 Å². The first kappa shape index (κ1) is 20.6. The second-order valence-corrected chi connectivity index (χ2v) is 6.29. The van der Waals surface area contributed by atoms with E-state index in [2.05, 4.69) is 22.5 Å². The van der Waals surface area contributed by atoms with E-state index in [4.69, 9.17) is 0 Å². The molecule has 7 heteroatoms. The minimum Gasteiger partial charge on any atom is -0.356 e. The Kier molecular flexibility index (Phi) is 11.0. The van der Waals surface area contributed by atoms with Crippen LogP contribution in [0.5, 0.6) is 0 Å². The molecule has 122 valence electrons. The quantitative estimate of drug-likeness (QED) is 0.826. The Morgan fingerprint density at radius 3 is 3.00 bits per heavy atom. The van der Waals surface area contributed by atoms with Crippen molar-refractivity contribution in [1.29, 1.82) is 0 Å². The van der Waals surface area contributed by atoms with Crippen molar-refractivity contribution in [2.24, 2.45) is 11.8 Å². The Hall–Kier alpha value is -0.360. The number of hydrogen-bond donors (Lipinski definition) is 2. The van der Waals surface area contributed by atoms with Gasteiger partial charge in [0.05, 0.1) is 5.01 Å². The van der Waals surface area contributed by atoms with E-state index in [0.29, 0.717) is 24.8 Å². The van der Waals surface area contributed by atoms with E-state index in [-0.39, 0.29) is 30.7 Å². The van der Waals surface area contributed by atoms with Crippen LogP contribution < -0.4 is 10.6 Å². The Balaban J connectivity index is 0.00000200. The first-order valence-electron chi connectivity index (χ1n) is 7.11. The van der Waals surface area contributed by atoms with Crippen molar-refractivity contribution in [2.45, 2.75) is 32.6 Å². The standard InChI is InChI=1S/C14H23N3OS.2ClH/c1-11(12-3-2-5-15-10-12)9-13(18)16-6-4-14-17-7-8-19-14;;/h7-8,11-12,15H,2-6,9-10H2,1H3,(H,16,18);2*1H. The number of rotatable bonds is 6. The third kappa shape index (κ3) is 7.45. The monoisotopic (exact) mass is 353 g/mol. The van der Waals surface area contributed by atoms with Gasteiger partial charge in [0.25, 0.3) is 0 Å². The van der Waals surface area contributed by atoms with Crippen molar-refractivity contribution in [3.05, 3.63) is 16.6 Å². The molecule has 0 spiro atoms. The summed E-state index contributed by atoms with van der Waals surface area (Å²) < 4.78 is 0. The molecular formula is C14H25Cl2N3OS. The van der Waals surface area contributed by atoms with Crippen LogP contribution in [0, 0.1) is 11.8 Å². The first-order valence-corrected chi connectivity index (χ1v) is 7.99. The lowest BCUT2D eigenvalue weighted by Gasteiger charge is -2.28. The van der Waals surface area contributed by atoms with Crippen molar-refractivity contribution >= 4 is 42.1 Å². The molecule has 0 aliphatic carbocycles. The smallest absolute Gasteiger partial charge is 0.220 e. The van der Waals surface area contributed by atoms with E-state index in [1.165, 1.54) is 12.8 Å². The lowest BCUT2D eigenvalue weighted by Crippen LogP contribution is -2.36. The van der Waals surface area contributed by atoms with Crippen molar-refractivity contribution < 1.29 is 4.79 Å². The zero-order valence-corrected chi connectivity index (χ0v) is 14.8. The maximum atomic E-state index is 11.9. The highest BCUT2D eigenvalue weighted by Gasteiger charge is 2.21. The van der Waals surface area contributed by atoms with Gasteiger partial charge in [0, 0.05) is 31.0 Å². The Bertz CT molecular complexity index is 384. The number of amides is 1. The Labute approximate surface area is 143 Å². The van der Waals surface area contributed by atoms with Crippen LogP contribution in [-0.2, 0) is 11.2 Å². The Morgan fingerprint density at radius 1 is 1.57 bits per heavy atom. The molecule has 1 aliphatic heterocycles. The summed E-state index contributed by atoms with van der Waals surface area (Å²) in [6, 6.07) is 0. The largest absolute Gasteiger partial charge is 0.356 e. The van der Waals surface area contributed by atoms with E-state index in [9.17, 15) is 4.79 Å². The summed E-state index contributed by atoms with van der Waals surface area (Å²) in [6.45, 7) is 5.08. The van der Waals surface area contributed by atoms with Crippen molar-refractivity contribution in [3.63, 3.8) is 0 Å². The fraction of sp³-hybridized carbons (Fsp3) is 0.714. The molecule has 1 fully saturated rings. The summed E-state index contributed by atoms with van der Waals surface area (Å²) in [4.78, 5) is 16.1. The highest BCUT2D eigenvalue weighted by atomic mass is 35.5. The number of hydrogen-bond acceptors (Lipinski definition) is 4. The molecule has 2 rings (SSSR count). The molecule has 1 aliphatic rings. The molecule has 2 N–H and O–H groups in total. The fourth-order valence-corrected chi connectivity index (χ4v) is 3.20. The highest BCUT2D eigenvalue weighted by Crippen LogP contribution is 2.22. The van der Waals surface area contributed by atoms with Crippen LogP contribution in [-0.4, -0.2) is 30.5 Å². The first-order chi connectivity index (χ1) is 9.25. The normalized spacial score (nSPS) is 19.0. The molecule has 2 unspecified atom stereocenters. The van der Waals surface area contributed by atoms with Crippen LogP contribution in [0.4, 0.5) is 0 Å². The predicted octanol–water partition coefficient (Wildman–Crippen LogP) is 2.67. The zero-order chi connectivity index (χ0) is 13.5. The number of halogens is 2. The van der Waals surface area contributed by atoms with Gasteiger partial charge in [0.1, 0.15) is 0 Å². The molecule has 0 bridgehead atoms. The third-order valence-electron chi connectivity index (χ3n) is 3.79. The molecule has 1 aromatic heterocycles. The second kappa shape index (κ2) is 11.2. The molecule has 2 atom stereocenters. The molecular weight excluding hydrogens is 329 g/mol. The van der Waals surface area contributed by atoms with Gasteiger partial charge in [0.2, 0.25) is 5.91 Å². The number of thiazole rings is 1. The fourth-order valence-electron chi connectivity index (χ4n) is 2.58. The summed E-state index contributed by atoms with van der Waals surface area (Å²) in [6.07, 6.45) is 5.77. The van der Waals surface area contributed by atoms with Crippen molar-refractivity contribution in [2.75, 3.05) is 19.6 Å². The zero-order valence-electron chi connectivity index (χ0n) is 12.3. The van der Waals surface area contributed by atoms with Crippen LogP contribution in [0.1, 0.15) is 31.2 Å². The minimum absolute atomic E-state index is 0. The van der Waals surface area contributed by atoms with E-state index in [1.54, 1.807) is 17.5 Å². The van der Waals surface area contributed by atoms with Gasteiger partial charge in [-0.3, -0.25) is 4.79 Å². The lowest BCUT2D eigenvalue weighted by atomic mass is 9.85. The van der Waals surface area contributed by atoms with Gasteiger partial charge in [-0.25, -0.2) is 4.98 Å². The average molecular weight is 354 g/mol. The number of nitrogens with one attached hydrogen (secondary N) is 2. The summed E-state index contributed by atoms with van der Waals surface area (Å²) in [5.74, 6) is 1.29. The predicted molar refractivity (Wildman–Crippen MR) is 92.7 cm³/mol. The van der Waals surface area contributed by atoms with Crippen molar-refractivity contribution in [3.8, 4) is 0 Å². The van der Waals surface area contributed by atoms with Gasteiger partial charge in [-0.2, -0.15) is 0 Å². The molecule has 0 radical (unpaired) electrons. The maximum Gasteiger partial charge on any atom is 0.220 e. The highest BCUT2D eigenvalue weighted by molar-refractivity contribution is 7.09. The van der Waals surface area contributed by atoms with Gasteiger partial charge in [-0.15, -0.1) is 36.2 Å². The van der Waals surface area contributed by atoms with E-state index < -0.39 is 0 Å². The molecule has 0 aromatic carbocycles. The summed E-state index contributed by atoms with van der Waals surface area (Å²) >= 11 is 1.64. The lowest BCUT2D eigenvalue weighted by molar-refractivity contribution is -0.122. The number of aromatic nitrogens is 1. The summed E-state index contributed by atoms with van der Waals surface area (Å²) in [5, 5.41) is 9.47. The molecule has 21 heavy (non-hydrogen) atoms. The number of nitrogens with zero attached hydrogens (tertiary/aromatic N) is 1. The average Bonchev–Trinajstić information content (AvgIpc) is 2.93. The topological polar surface area (TPSA) is 54.0 Å². The summed E-state index contributed by atoms with van der Waals surface area (Å²) in [5.41, 5.74) is 0. The number of carbonyl (C=O) groups excluding carboxylic acids is 1. The van der Waals surface area contributed by atoms with E-state index >= 15 is 0 Å². The molecule has 2 heterocycles. The van der Waals surface area contributed by atoms with E-state index in [0.717, 1.165) is 24.5 Å². The van der Waals surface area contributed by atoms with Gasteiger partial charge >= 0.3 is 0 Å². The van der Waals surface area contributed by atoms with Gasteiger partial charge in [0.15, 0.2) is 0 Å². The SMILES string of the molecule is CC(CC(=O)NCCc1nccs1)C1CCCNC1.Cl.Cl. The molecule has 4 nitrogen and oxygen atoms in total. The second-order valence-electron chi connectivity index (χ2n) is 5.31. The minimum atomic E-state index is 0. The van der Waals surface area contributed by atoms with Crippen LogP contribution >= 0.6 is 36.2 Å². The maximum absolute atomic E-state index is 11.9. The van der Waals surface area contributed by atoms with Gasteiger partial charge < -0.3 is 10.6 Å². The third-order valence-corrected chi connectivity index (χ3v) is 4.63. The summed E-state index contributed by atoms with van der Waals surface area (Å²) in [7, 11) is 0. The molecule has 1 aromatic rings. The van der Waals surface area contributed by atoms with Gasteiger partial charge in [-0.1, -0.05) is 6.92 Å². The molecule has 0 saturated carbocycles. The van der Waals surface area contributed by atoms with Crippen LogP contribution in [0.3, 0.4) is 0 Å². The Morgan fingerprint density at radius 2 is 2.38 bits per heavy atom. The number of carbonyl (C=O) groups is 1. The van der Waals surface area contributed by atoms with Crippen LogP contribution in [0.2, 0.25) is 0 Å². The number of piperidine rings is 1. The van der Waals surface area contributed by atoms with E-state index in [1.807, 2.05) is 5.38 Å². The molecule has 1 saturated heterocycles. The van der Waals surface area contributed by atoms with Crippen LogP contribution in [0.25, 0.3) is 0 Å². The molecule has 1 amide bonds.